The highest BCUT2D eigenvalue weighted by atomic mass is 16.2. The van der Waals surface area contributed by atoms with E-state index in [0.29, 0.717) is 13.1 Å². The van der Waals surface area contributed by atoms with Gasteiger partial charge in [-0.15, -0.1) is 5.10 Å². The molecule has 1 atom stereocenters. The van der Waals surface area contributed by atoms with Crippen LogP contribution < -0.4 is 10.6 Å². The molecule has 0 aliphatic carbocycles. The van der Waals surface area contributed by atoms with Crippen LogP contribution >= 0.6 is 0 Å². The van der Waals surface area contributed by atoms with Crippen molar-refractivity contribution in [2.24, 2.45) is 0 Å². The summed E-state index contributed by atoms with van der Waals surface area (Å²) in [6.07, 6.45) is 1.95. The summed E-state index contributed by atoms with van der Waals surface area (Å²) in [7, 11) is 1.89. The van der Waals surface area contributed by atoms with Gasteiger partial charge in [-0.25, -0.2) is 9.48 Å². The van der Waals surface area contributed by atoms with Gasteiger partial charge in [0.05, 0.1) is 17.9 Å². The van der Waals surface area contributed by atoms with Crippen LogP contribution in [-0.2, 0) is 0 Å². The van der Waals surface area contributed by atoms with Crippen LogP contribution in [-0.4, -0.2) is 52.1 Å². The van der Waals surface area contributed by atoms with Crippen LogP contribution in [0.15, 0.2) is 6.20 Å². The third-order valence-electron chi connectivity index (χ3n) is 3.34. The van der Waals surface area contributed by atoms with Crippen LogP contribution in [0.1, 0.15) is 38.5 Å². The molecule has 1 aromatic rings. The summed E-state index contributed by atoms with van der Waals surface area (Å²) in [6, 6.07) is 0.591. The number of hydrogen-bond donors (Lipinski definition) is 2. The van der Waals surface area contributed by atoms with E-state index in [1.807, 2.05) is 38.7 Å². The van der Waals surface area contributed by atoms with Crippen molar-refractivity contribution in [3.8, 4) is 0 Å². The Hall–Kier alpha value is -1.63. The maximum Gasteiger partial charge on any atom is 0.317 e. The molecule has 0 bridgehead atoms. The molecule has 19 heavy (non-hydrogen) atoms. The Kier molecular flexibility index (Phi) is 4.04. The lowest BCUT2D eigenvalue weighted by Gasteiger charge is -2.39. The Labute approximate surface area is 113 Å². The van der Waals surface area contributed by atoms with Gasteiger partial charge in [-0.1, -0.05) is 5.21 Å². The van der Waals surface area contributed by atoms with Crippen LogP contribution in [0.3, 0.4) is 0 Å². The van der Waals surface area contributed by atoms with E-state index in [9.17, 15) is 4.79 Å². The summed E-state index contributed by atoms with van der Waals surface area (Å²) >= 11 is 0. The van der Waals surface area contributed by atoms with Gasteiger partial charge < -0.3 is 15.5 Å². The van der Waals surface area contributed by atoms with Gasteiger partial charge in [-0.05, 0) is 27.8 Å². The quantitative estimate of drug-likeness (QED) is 0.834. The molecule has 0 radical (unpaired) electrons. The third kappa shape index (κ3) is 3.04. The fraction of sp³-hybridized carbons (Fsp3) is 0.750. The predicted octanol–water partition coefficient (Wildman–Crippen LogP) is 0.533. The Bertz CT molecular complexity index is 437. The molecular weight excluding hydrogens is 244 g/mol. The number of nitrogens with zero attached hydrogens (tertiary/aromatic N) is 4. The summed E-state index contributed by atoms with van der Waals surface area (Å²) in [4.78, 5) is 13.5. The first kappa shape index (κ1) is 13.8. The molecule has 2 rings (SSSR count). The zero-order chi connectivity index (χ0) is 14.0. The molecule has 1 unspecified atom stereocenters. The van der Waals surface area contributed by atoms with Crippen LogP contribution in [0.2, 0.25) is 0 Å². The van der Waals surface area contributed by atoms with Gasteiger partial charge >= 0.3 is 6.03 Å². The average Bonchev–Trinajstić information content (AvgIpc) is 2.74. The van der Waals surface area contributed by atoms with E-state index in [-0.39, 0.29) is 24.2 Å². The van der Waals surface area contributed by atoms with E-state index in [2.05, 4.69) is 20.9 Å². The van der Waals surface area contributed by atoms with Crippen LogP contribution in [0.5, 0.6) is 0 Å². The number of urea groups is 1. The highest BCUT2D eigenvalue weighted by molar-refractivity contribution is 5.75. The number of likely N-dealkylation sites (tertiary alicyclic amines) is 1. The number of aromatic nitrogens is 3. The van der Waals surface area contributed by atoms with E-state index < -0.39 is 0 Å². The fourth-order valence-electron chi connectivity index (χ4n) is 1.94. The minimum absolute atomic E-state index is 0.00446. The monoisotopic (exact) mass is 266 g/mol. The van der Waals surface area contributed by atoms with E-state index in [4.69, 9.17) is 0 Å². The van der Waals surface area contributed by atoms with Crippen LogP contribution in [0.25, 0.3) is 0 Å². The molecule has 2 N–H and O–H groups in total. The molecule has 0 spiro atoms. The van der Waals surface area contributed by atoms with Crippen molar-refractivity contribution in [1.82, 2.24) is 30.5 Å². The second-order valence-electron chi connectivity index (χ2n) is 5.30. The topological polar surface area (TPSA) is 75.1 Å². The maximum atomic E-state index is 11.7. The minimum Gasteiger partial charge on any atom is -0.336 e. The molecule has 1 saturated heterocycles. The normalized spacial score (nSPS) is 17.4. The summed E-state index contributed by atoms with van der Waals surface area (Å²) < 4.78 is 1.85. The highest BCUT2D eigenvalue weighted by Crippen LogP contribution is 2.21. The van der Waals surface area contributed by atoms with Crippen molar-refractivity contribution in [1.29, 1.82) is 0 Å². The van der Waals surface area contributed by atoms with Gasteiger partial charge in [0.15, 0.2) is 0 Å². The summed E-state index contributed by atoms with van der Waals surface area (Å²) in [6.45, 7) is 7.33. The number of amides is 2. The number of carbonyl (C=O) groups is 1. The van der Waals surface area contributed by atoms with Crippen molar-refractivity contribution >= 4 is 6.03 Å². The standard InChI is InChI=1S/C12H22N6O/c1-8(2)14-12(19)17-5-10(6-17)18-7-11(15-16-18)9(3)13-4/h7-10,13H,5-6H2,1-4H3,(H,14,19). The van der Waals surface area contributed by atoms with Crippen LogP contribution in [0, 0.1) is 0 Å². The third-order valence-corrected chi connectivity index (χ3v) is 3.34. The van der Waals surface area contributed by atoms with E-state index >= 15 is 0 Å². The molecule has 7 nitrogen and oxygen atoms in total. The van der Waals surface area contributed by atoms with Gasteiger partial charge in [0.25, 0.3) is 0 Å². The number of carbonyl (C=O) groups excluding carboxylic acids is 1. The molecular formula is C12H22N6O. The van der Waals surface area contributed by atoms with Crippen molar-refractivity contribution in [2.45, 2.75) is 38.9 Å². The Morgan fingerprint density at radius 2 is 2.11 bits per heavy atom. The Balaban J connectivity index is 1.86. The molecule has 1 aliphatic heterocycles. The summed E-state index contributed by atoms with van der Waals surface area (Å²) in [5, 5.41) is 14.3. The molecule has 1 aromatic heterocycles. The SMILES string of the molecule is CNC(C)c1cn(C2CN(C(=O)NC(C)C)C2)nn1. The zero-order valence-corrected chi connectivity index (χ0v) is 11.9. The summed E-state index contributed by atoms with van der Waals surface area (Å²) in [5.74, 6) is 0. The number of rotatable bonds is 4. The lowest BCUT2D eigenvalue weighted by atomic mass is 10.1. The molecule has 1 aliphatic rings. The van der Waals surface area contributed by atoms with E-state index in [1.165, 1.54) is 0 Å². The molecule has 2 amide bonds. The lowest BCUT2D eigenvalue weighted by molar-refractivity contribution is 0.116. The first-order chi connectivity index (χ1) is 9.01. The minimum atomic E-state index is -0.00446. The van der Waals surface area contributed by atoms with Gasteiger partial charge in [-0.3, -0.25) is 0 Å². The Morgan fingerprint density at radius 1 is 1.42 bits per heavy atom. The van der Waals surface area contributed by atoms with Crippen molar-refractivity contribution in [3.63, 3.8) is 0 Å². The van der Waals surface area contributed by atoms with Gasteiger partial charge in [0, 0.05) is 25.2 Å². The summed E-state index contributed by atoms with van der Waals surface area (Å²) in [5.41, 5.74) is 0.924. The zero-order valence-electron chi connectivity index (χ0n) is 11.9. The fourth-order valence-corrected chi connectivity index (χ4v) is 1.94. The second kappa shape index (κ2) is 5.56. The number of nitrogens with one attached hydrogen (secondary N) is 2. The van der Waals surface area contributed by atoms with Crippen molar-refractivity contribution < 1.29 is 4.79 Å². The van der Waals surface area contributed by atoms with Gasteiger partial charge in [0.2, 0.25) is 0 Å². The number of hydrogen-bond acceptors (Lipinski definition) is 4. The molecule has 0 saturated carbocycles. The predicted molar refractivity (Wildman–Crippen MR) is 71.8 cm³/mol. The second-order valence-corrected chi connectivity index (χ2v) is 5.30. The van der Waals surface area contributed by atoms with Crippen molar-refractivity contribution in [3.05, 3.63) is 11.9 Å². The molecule has 0 aromatic carbocycles. The molecule has 2 heterocycles. The molecule has 106 valence electrons. The molecule has 7 heteroatoms. The largest absolute Gasteiger partial charge is 0.336 e. The smallest absolute Gasteiger partial charge is 0.317 e. The first-order valence-corrected chi connectivity index (χ1v) is 6.65. The lowest BCUT2D eigenvalue weighted by Crippen LogP contribution is -2.55. The van der Waals surface area contributed by atoms with Gasteiger partial charge in [-0.2, -0.15) is 0 Å². The highest BCUT2D eigenvalue weighted by Gasteiger charge is 2.33. The average molecular weight is 266 g/mol. The first-order valence-electron chi connectivity index (χ1n) is 6.65. The maximum absolute atomic E-state index is 11.7. The van der Waals surface area contributed by atoms with Crippen LogP contribution in [0.4, 0.5) is 4.79 Å². The Morgan fingerprint density at radius 3 is 2.68 bits per heavy atom. The molecule has 1 fully saturated rings. The van der Waals surface area contributed by atoms with E-state index in [0.717, 1.165) is 5.69 Å². The van der Waals surface area contributed by atoms with Gasteiger partial charge in [0.1, 0.15) is 0 Å². The van der Waals surface area contributed by atoms with E-state index in [1.54, 1.807) is 4.90 Å². The van der Waals surface area contributed by atoms with Crippen molar-refractivity contribution in [2.75, 3.05) is 20.1 Å².